The molecule has 0 amide bonds. The van der Waals surface area contributed by atoms with Crippen LogP contribution in [-0.2, 0) is 6.54 Å². The van der Waals surface area contributed by atoms with Crippen LogP contribution in [0.4, 0.5) is 5.82 Å². The number of fused-ring (bicyclic) bond motifs is 1. The maximum atomic E-state index is 5.51. The summed E-state index contributed by atoms with van der Waals surface area (Å²) in [4.78, 5) is 8.43. The molecular formula is C15H17N5O. The third kappa shape index (κ3) is 2.94. The molecular weight excluding hydrogens is 266 g/mol. The van der Waals surface area contributed by atoms with Gasteiger partial charge in [0.25, 0.3) is 5.78 Å². The van der Waals surface area contributed by atoms with E-state index in [9.17, 15) is 0 Å². The number of ether oxygens (including phenoxy) is 1. The first-order chi connectivity index (χ1) is 10.3. The Morgan fingerprint density at radius 2 is 2.19 bits per heavy atom. The Labute approximate surface area is 122 Å². The van der Waals surface area contributed by atoms with E-state index in [1.54, 1.807) is 4.52 Å². The van der Waals surface area contributed by atoms with Gasteiger partial charge in [-0.05, 0) is 31.5 Å². The highest BCUT2D eigenvalue weighted by atomic mass is 16.5. The quantitative estimate of drug-likeness (QED) is 0.779. The highest BCUT2D eigenvalue weighted by Gasteiger charge is 2.05. The van der Waals surface area contributed by atoms with Crippen LogP contribution >= 0.6 is 0 Å². The lowest BCUT2D eigenvalue weighted by atomic mass is 10.2. The molecule has 6 heteroatoms. The van der Waals surface area contributed by atoms with Crippen LogP contribution in [0.3, 0.4) is 0 Å². The number of aromatic nitrogens is 4. The molecule has 2 heterocycles. The Balaban J connectivity index is 1.80. The fourth-order valence-electron chi connectivity index (χ4n) is 2.16. The van der Waals surface area contributed by atoms with Crippen LogP contribution in [0.1, 0.15) is 18.2 Å². The van der Waals surface area contributed by atoms with Crippen LogP contribution in [0, 0.1) is 6.92 Å². The average Bonchev–Trinajstić information content (AvgIpc) is 2.93. The zero-order valence-corrected chi connectivity index (χ0v) is 12.1. The molecule has 1 aromatic carbocycles. The smallest absolute Gasteiger partial charge is 0.254 e. The van der Waals surface area contributed by atoms with Crippen molar-refractivity contribution in [1.29, 1.82) is 0 Å². The summed E-state index contributed by atoms with van der Waals surface area (Å²) in [6.45, 7) is 5.26. The monoisotopic (exact) mass is 283 g/mol. The second-order valence-corrected chi connectivity index (χ2v) is 4.69. The van der Waals surface area contributed by atoms with Gasteiger partial charge in [0.1, 0.15) is 17.9 Å². The average molecular weight is 283 g/mol. The second-order valence-electron chi connectivity index (χ2n) is 4.69. The largest absolute Gasteiger partial charge is 0.494 e. The van der Waals surface area contributed by atoms with Crippen molar-refractivity contribution in [3.8, 4) is 5.75 Å². The van der Waals surface area contributed by atoms with Crippen LogP contribution in [0.15, 0.2) is 36.7 Å². The van der Waals surface area contributed by atoms with Crippen molar-refractivity contribution in [3.05, 3.63) is 47.9 Å². The highest BCUT2D eigenvalue weighted by Crippen LogP contribution is 2.16. The van der Waals surface area contributed by atoms with Crippen LogP contribution in [0.2, 0.25) is 0 Å². The van der Waals surface area contributed by atoms with E-state index < -0.39 is 0 Å². The number of hydrogen-bond donors (Lipinski definition) is 1. The molecule has 6 nitrogen and oxygen atoms in total. The number of nitrogens with zero attached hydrogens (tertiary/aromatic N) is 4. The normalized spacial score (nSPS) is 10.8. The van der Waals surface area contributed by atoms with Crippen LogP contribution in [-0.4, -0.2) is 26.2 Å². The molecule has 1 N–H and O–H groups in total. The molecule has 0 atom stereocenters. The van der Waals surface area contributed by atoms with Gasteiger partial charge in [-0.3, -0.25) is 0 Å². The fourth-order valence-corrected chi connectivity index (χ4v) is 2.16. The van der Waals surface area contributed by atoms with Crippen molar-refractivity contribution in [2.75, 3.05) is 11.9 Å². The maximum absolute atomic E-state index is 5.51. The summed E-state index contributed by atoms with van der Waals surface area (Å²) in [5.74, 6) is 2.35. The van der Waals surface area contributed by atoms with E-state index in [4.69, 9.17) is 4.74 Å². The minimum atomic E-state index is 0.598. The van der Waals surface area contributed by atoms with Crippen LogP contribution in [0.5, 0.6) is 5.75 Å². The number of rotatable bonds is 5. The lowest BCUT2D eigenvalue weighted by Crippen LogP contribution is -2.07. The van der Waals surface area contributed by atoms with Gasteiger partial charge >= 0.3 is 0 Å². The first-order valence-electron chi connectivity index (χ1n) is 6.89. The van der Waals surface area contributed by atoms with Crippen molar-refractivity contribution in [3.63, 3.8) is 0 Å². The summed E-state index contributed by atoms with van der Waals surface area (Å²) >= 11 is 0. The Morgan fingerprint density at radius 3 is 3.05 bits per heavy atom. The number of anilines is 1. The molecule has 3 aromatic rings. The van der Waals surface area contributed by atoms with Gasteiger partial charge in [0, 0.05) is 18.3 Å². The molecule has 3 rings (SSSR count). The third-order valence-electron chi connectivity index (χ3n) is 3.06. The predicted molar refractivity (Wildman–Crippen MR) is 80.5 cm³/mol. The zero-order valence-electron chi connectivity index (χ0n) is 12.1. The van der Waals surface area contributed by atoms with E-state index in [0.717, 1.165) is 22.8 Å². The van der Waals surface area contributed by atoms with E-state index in [2.05, 4.69) is 26.4 Å². The van der Waals surface area contributed by atoms with Crippen LogP contribution in [0.25, 0.3) is 5.78 Å². The van der Waals surface area contributed by atoms with Gasteiger partial charge in [-0.25, -0.2) is 4.98 Å². The lowest BCUT2D eigenvalue weighted by molar-refractivity contribution is 0.340. The van der Waals surface area contributed by atoms with Crippen molar-refractivity contribution in [1.82, 2.24) is 19.6 Å². The Kier molecular flexibility index (Phi) is 3.68. The number of hydrogen-bond acceptors (Lipinski definition) is 5. The van der Waals surface area contributed by atoms with Gasteiger partial charge in [-0.2, -0.15) is 14.6 Å². The molecule has 0 radical (unpaired) electrons. The van der Waals surface area contributed by atoms with E-state index in [1.165, 1.54) is 6.33 Å². The Hall–Kier alpha value is -2.63. The first-order valence-corrected chi connectivity index (χ1v) is 6.89. The van der Waals surface area contributed by atoms with Gasteiger partial charge in [-0.1, -0.05) is 12.1 Å². The topological polar surface area (TPSA) is 64.3 Å². The van der Waals surface area contributed by atoms with E-state index >= 15 is 0 Å². The van der Waals surface area contributed by atoms with Crippen molar-refractivity contribution in [2.45, 2.75) is 20.4 Å². The molecule has 0 saturated carbocycles. The minimum absolute atomic E-state index is 0.598. The number of benzene rings is 1. The van der Waals surface area contributed by atoms with E-state index in [-0.39, 0.29) is 0 Å². The molecule has 0 unspecified atom stereocenters. The zero-order chi connectivity index (χ0) is 14.7. The summed E-state index contributed by atoms with van der Waals surface area (Å²) in [6, 6.07) is 9.99. The van der Waals surface area contributed by atoms with E-state index in [1.807, 2.05) is 38.1 Å². The predicted octanol–water partition coefficient (Wildman–Crippen LogP) is 2.44. The maximum Gasteiger partial charge on any atom is 0.254 e. The molecule has 0 aliphatic carbocycles. The summed E-state index contributed by atoms with van der Waals surface area (Å²) in [7, 11) is 0. The summed E-state index contributed by atoms with van der Waals surface area (Å²) in [5, 5.41) is 7.54. The van der Waals surface area contributed by atoms with Crippen molar-refractivity contribution < 1.29 is 4.74 Å². The Bertz CT molecular complexity index is 753. The van der Waals surface area contributed by atoms with Crippen molar-refractivity contribution in [2.24, 2.45) is 0 Å². The molecule has 0 aliphatic rings. The standard InChI is InChI=1S/C15H17N5O/c1-3-21-13-6-4-5-12(8-13)9-16-14-7-11(2)19-15-17-10-18-20(14)15/h4-8,10,16H,3,9H2,1-2H3. The van der Waals surface area contributed by atoms with Gasteiger partial charge in [0.15, 0.2) is 0 Å². The van der Waals surface area contributed by atoms with Gasteiger partial charge < -0.3 is 10.1 Å². The number of nitrogens with one attached hydrogen (secondary N) is 1. The van der Waals surface area contributed by atoms with Crippen LogP contribution < -0.4 is 10.1 Å². The SMILES string of the molecule is CCOc1cccc(CNc2cc(C)nc3ncnn23)c1. The Morgan fingerprint density at radius 1 is 1.29 bits per heavy atom. The molecule has 21 heavy (non-hydrogen) atoms. The molecule has 108 valence electrons. The lowest BCUT2D eigenvalue weighted by Gasteiger charge is -2.10. The summed E-state index contributed by atoms with van der Waals surface area (Å²) < 4.78 is 7.20. The molecule has 0 aliphatic heterocycles. The molecule has 2 aromatic heterocycles. The molecule has 0 saturated heterocycles. The summed E-state index contributed by atoms with van der Waals surface area (Å²) in [5.41, 5.74) is 2.05. The van der Waals surface area contributed by atoms with Gasteiger partial charge in [-0.15, -0.1) is 0 Å². The second kappa shape index (κ2) is 5.78. The molecule has 0 bridgehead atoms. The van der Waals surface area contributed by atoms with Gasteiger partial charge in [0.2, 0.25) is 0 Å². The van der Waals surface area contributed by atoms with Crippen molar-refractivity contribution >= 4 is 11.6 Å². The van der Waals surface area contributed by atoms with E-state index in [0.29, 0.717) is 18.9 Å². The summed E-state index contributed by atoms with van der Waals surface area (Å²) in [6.07, 6.45) is 1.50. The fraction of sp³-hybridized carbons (Fsp3) is 0.267. The third-order valence-corrected chi connectivity index (χ3v) is 3.06. The van der Waals surface area contributed by atoms with Gasteiger partial charge in [0.05, 0.1) is 6.61 Å². The first kappa shape index (κ1) is 13.4. The highest BCUT2D eigenvalue weighted by molar-refractivity contribution is 5.45. The molecule has 0 spiro atoms. The molecule has 0 fully saturated rings. The minimum Gasteiger partial charge on any atom is -0.494 e. The number of aryl methyl sites for hydroxylation is 1.